The second-order valence-electron chi connectivity index (χ2n) is 5.33. The van der Waals surface area contributed by atoms with Crippen molar-refractivity contribution in [1.29, 1.82) is 0 Å². The number of aromatic nitrogens is 4. The number of nitrogens with zero attached hydrogens (tertiary/aromatic N) is 3. The minimum absolute atomic E-state index is 0.0330. The molecule has 0 saturated heterocycles. The summed E-state index contributed by atoms with van der Waals surface area (Å²) in [6.45, 7) is 2.11. The highest BCUT2D eigenvalue weighted by Gasteiger charge is 2.17. The molecule has 0 aliphatic rings. The number of hydrogen-bond acceptors (Lipinski definition) is 3. The van der Waals surface area contributed by atoms with Gasteiger partial charge in [-0.1, -0.05) is 35.5 Å². The molecule has 0 radical (unpaired) electrons. The van der Waals surface area contributed by atoms with Crippen molar-refractivity contribution in [2.45, 2.75) is 13.5 Å². The van der Waals surface area contributed by atoms with E-state index in [-0.39, 0.29) is 12.3 Å². The van der Waals surface area contributed by atoms with Crippen molar-refractivity contribution in [1.82, 2.24) is 20.0 Å². The molecule has 1 N–H and O–H groups in total. The Kier molecular flexibility index (Phi) is 2.79. The van der Waals surface area contributed by atoms with E-state index in [4.69, 9.17) is 0 Å². The van der Waals surface area contributed by atoms with Gasteiger partial charge in [-0.05, 0) is 25.1 Å². The Labute approximate surface area is 126 Å². The molecule has 0 saturated carbocycles. The number of nitrogens with one attached hydrogen (secondary N) is 1. The van der Waals surface area contributed by atoms with Crippen LogP contribution in [0.25, 0.3) is 21.9 Å². The van der Waals surface area contributed by atoms with E-state index in [1.807, 2.05) is 55.5 Å². The van der Waals surface area contributed by atoms with E-state index in [1.54, 1.807) is 4.68 Å². The monoisotopic (exact) mass is 290 g/mol. The van der Waals surface area contributed by atoms with E-state index >= 15 is 0 Å². The predicted octanol–water partition coefficient (Wildman–Crippen LogP) is 3.10. The van der Waals surface area contributed by atoms with Crippen LogP contribution in [0.3, 0.4) is 0 Å². The Bertz CT molecular complexity index is 996. The first-order chi connectivity index (χ1) is 10.7. The first-order valence-corrected chi connectivity index (χ1v) is 7.13. The van der Waals surface area contributed by atoms with Gasteiger partial charge in [0.25, 0.3) is 0 Å². The molecule has 0 aliphatic heterocycles. The molecule has 108 valence electrons. The molecule has 0 fully saturated rings. The number of aryl methyl sites for hydroxylation is 1. The van der Waals surface area contributed by atoms with Crippen LogP contribution in [-0.2, 0) is 6.54 Å². The van der Waals surface area contributed by atoms with E-state index < -0.39 is 0 Å². The number of carbonyl (C=O) groups is 1. The molecule has 0 unspecified atom stereocenters. The van der Waals surface area contributed by atoms with Gasteiger partial charge in [0.1, 0.15) is 12.1 Å². The average Bonchev–Trinajstić information content (AvgIpc) is 3.07. The van der Waals surface area contributed by atoms with Gasteiger partial charge >= 0.3 is 0 Å². The number of carbonyl (C=O) groups excluding carboxylic acids is 1. The lowest BCUT2D eigenvalue weighted by Crippen LogP contribution is -2.12. The topological polar surface area (TPSA) is 63.6 Å². The molecule has 5 heteroatoms. The van der Waals surface area contributed by atoms with E-state index in [9.17, 15) is 4.79 Å². The Hall–Kier alpha value is -2.95. The Balaban J connectivity index is 1.76. The number of hydrogen-bond donors (Lipinski definition) is 1. The van der Waals surface area contributed by atoms with Crippen molar-refractivity contribution in [2.75, 3.05) is 0 Å². The van der Waals surface area contributed by atoms with Crippen molar-refractivity contribution in [3.8, 4) is 0 Å². The summed E-state index contributed by atoms with van der Waals surface area (Å²) in [6, 6.07) is 15.5. The fourth-order valence-electron chi connectivity index (χ4n) is 2.89. The maximum atomic E-state index is 12.7. The van der Waals surface area contributed by atoms with Crippen molar-refractivity contribution < 1.29 is 4.79 Å². The van der Waals surface area contributed by atoms with E-state index in [1.165, 1.54) is 0 Å². The Morgan fingerprint density at radius 1 is 1.14 bits per heavy atom. The Morgan fingerprint density at radius 2 is 1.91 bits per heavy atom. The summed E-state index contributed by atoms with van der Waals surface area (Å²) in [6.07, 6.45) is 0. The average molecular weight is 290 g/mol. The summed E-state index contributed by atoms with van der Waals surface area (Å²) in [4.78, 5) is 16.0. The number of H-pyrrole nitrogens is 1. The smallest absolute Gasteiger partial charge is 0.186 e. The van der Waals surface area contributed by atoms with Gasteiger partial charge in [0.15, 0.2) is 5.78 Å². The summed E-state index contributed by atoms with van der Waals surface area (Å²) in [5.41, 5.74) is 4.26. The SMILES string of the molecule is Cc1[nH]c2ccccc2c1C(=O)Cn1nnc2ccccc21. The number of ketones is 1. The highest BCUT2D eigenvalue weighted by atomic mass is 16.1. The quantitative estimate of drug-likeness (QED) is 0.590. The zero-order valence-electron chi connectivity index (χ0n) is 12.1. The number of para-hydroxylation sites is 2. The number of aromatic amines is 1. The molecular formula is C17H14N4O. The maximum absolute atomic E-state index is 12.7. The molecule has 0 bridgehead atoms. The zero-order valence-corrected chi connectivity index (χ0v) is 12.1. The summed E-state index contributed by atoms with van der Waals surface area (Å²) in [5, 5.41) is 9.13. The molecule has 0 amide bonds. The van der Waals surface area contributed by atoms with E-state index in [2.05, 4.69) is 15.3 Å². The number of rotatable bonds is 3. The fourth-order valence-corrected chi connectivity index (χ4v) is 2.89. The van der Waals surface area contributed by atoms with Crippen LogP contribution >= 0.6 is 0 Å². The maximum Gasteiger partial charge on any atom is 0.186 e. The van der Waals surface area contributed by atoms with Gasteiger partial charge in [-0.15, -0.1) is 5.10 Å². The van der Waals surface area contributed by atoms with Crippen LogP contribution in [0.4, 0.5) is 0 Å². The van der Waals surface area contributed by atoms with Gasteiger partial charge < -0.3 is 4.98 Å². The number of benzene rings is 2. The normalized spacial score (nSPS) is 11.3. The lowest BCUT2D eigenvalue weighted by atomic mass is 10.1. The molecule has 2 aromatic carbocycles. The summed E-state index contributed by atoms with van der Waals surface area (Å²) in [5.74, 6) is 0.0330. The minimum atomic E-state index is 0.0330. The molecule has 4 rings (SSSR count). The molecule has 0 aliphatic carbocycles. The standard InChI is InChI=1S/C17H14N4O/c1-11-17(12-6-2-3-7-13(12)18-11)16(22)10-21-15-9-5-4-8-14(15)19-20-21/h2-9,18H,10H2,1H3. The van der Waals surface area contributed by atoms with Gasteiger partial charge in [0.2, 0.25) is 0 Å². The molecule has 0 atom stereocenters. The van der Waals surface area contributed by atoms with E-state index in [0.717, 1.165) is 33.2 Å². The third-order valence-electron chi connectivity index (χ3n) is 3.89. The molecule has 22 heavy (non-hydrogen) atoms. The predicted molar refractivity (Wildman–Crippen MR) is 84.9 cm³/mol. The van der Waals surface area contributed by atoms with Gasteiger partial charge in [0, 0.05) is 22.2 Å². The van der Waals surface area contributed by atoms with Crippen molar-refractivity contribution in [3.05, 3.63) is 59.8 Å². The summed E-state index contributed by atoms with van der Waals surface area (Å²) >= 11 is 0. The number of fused-ring (bicyclic) bond motifs is 2. The summed E-state index contributed by atoms with van der Waals surface area (Å²) < 4.78 is 1.65. The number of Topliss-reactive ketones (excluding diaryl/α,β-unsaturated/α-hetero) is 1. The lowest BCUT2D eigenvalue weighted by molar-refractivity contribution is 0.0969. The fraction of sp³-hybridized carbons (Fsp3) is 0.118. The highest BCUT2D eigenvalue weighted by Crippen LogP contribution is 2.23. The van der Waals surface area contributed by atoms with Gasteiger partial charge in [-0.25, -0.2) is 4.68 Å². The van der Waals surface area contributed by atoms with Crippen LogP contribution < -0.4 is 0 Å². The van der Waals surface area contributed by atoms with Crippen LogP contribution in [-0.4, -0.2) is 25.8 Å². The molecule has 4 aromatic rings. The zero-order chi connectivity index (χ0) is 15.1. The molecule has 2 aromatic heterocycles. The van der Waals surface area contributed by atoms with Crippen LogP contribution in [0.2, 0.25) is 0 Å². The first kappa shape index (κ1) is 12.8. The van der Waals surface area contributed by atoms with Crippen molar-refractivity contribution in [3.63, 3.8) is 0 Å². The lowest BCUT2D eigenvalue weighted by Gasteiger charge is -2.02. The molecule has 0 spiro atoms. The van der Waals surface area contributed by atoms with Gasteiger partial charge in [0.05, 0.1) is 5.52 Å². The van der Waals surface area contributed by atoms with Crippen molar-refractivity contribution >= 4 is 27.7 Å². The largest absolute Gasteiger partial charge is 0.358 e. The van der Waals surface area contributed by atoms with Crippen LogP contribution in [0.1, 0.15) is 16.1 Å². The Morgan fingerprint density at radius 3 is 2.82 bits per heavy atom. The second kappa shape index (κ2) is 4.80. The second-order valence-corrected chi connectivity index (χ2v) is 5.33. The van der Waals surface area contributed by atoms with Crippen molar-refractivity contribution in [2.24, 2.45) is 0 Å². The highest BCUT2D eigenvalue weighted by molar-refractivity contribution is 6.09. The third kappa shape index (κ3) is 1.90. The van der Waals surface area contributed by atoms with Crippen LogP contribution in [0, 0.1) is 6.92 Å². The van der Waals surface area contributed by atoms with Gasteiger partial charge in [-0.3, -0.25) is 4.79 Å². The third-order valence-corrected chi connectivity index (χ3v) is 3.89. The van der Waals surface area contributed by atoms with Crippen LogP contribution in [0.15, 0.2) is 48.5 Å². The van der Waals surface area contributed by atoms with E-state index in [0.29, 0.717) is 0 Å². The molecular weight excluding hydrogens is 276 g/mol. The first-order valence-electron chi connectivity index (χ1n) is 7.13. The minimum Gasteiger partial charge on any atom is -0.358 e. The molecule has 5 nitrogen and oxygen atoms in total. The summed E-state index contributed by atoms with van der Waals surface area (Å²) in [7, 11) is 0. The van der Waals surface area contributed by atoms with Crippen LogP contribution in [0.5, 0.6) is 0 Å². The molecule has 2 heterocycles. The van der Waals surface area contributed by atoms with Gasteiger partial charge in [-0.2, -0.15) is 0 Å².